The first-order chi connectivity index (χ1) is 7.81. The van der Waals surface area contributed by atoms with Gasteiger partial charge < -0.3 is 15.0 Å². The third-order valence-corrected chi connectivity index (χ3v) is 3.71. The quantitative estimate of drug-likeness (QED) is 0.809. The summed E-state index contributed by atoms with van der Waals surface area (Å²) in [6.07, 6.45) is 4.40. The van der Waals surface area contributed by atoms with Crippen LogP contribution in [-0.4, -0.2) is 50.2 Å². The highest BCUT2D eigenvalue weighted by molar-refractivity contribution is 5.85. The van der Waals surface area contributed by atoms with Crippen molar-refractivity contribution in [2.24, 2.45) is 5.92 Å². The molecular formula is C12H23ClN2O2. The molecule has 0 aromatic heterocycles. The van der Waals surface area contributed by atoms with Gasteiger partial charge in [0.15, 0.2) is 0 Å². The number of carbonyl (C=O) groups excluding carboxylic acids is 1. The number of piperidine rings is 2. The van der Waals surface area contributed by atoms with Crippen LogP contribution >= 0.6 is 12.4 Å². The Morgan fingerprint density at radius 2 is 2.00 bits per heavy atom. The number of carbonyl (C=O) groups is 1. The minimum absolute atomic E-state index is 0. The van der Waals surface area contributed by atoms with Gasteiger partial charge in [-0.1, -0.05) is 0 Å². The van der Waals surface area contributed by atoms with Crippen LogP contribution in [0.5, 0.6) is 0 Å². The van der Waals surface area contributed by atoms with Gasteiger partial charge in [0.1, 0.15) is 0 Å². The highest BCUT2D eigenvalue weighted by Gasteiger charge is 2.29. The van der Waals surface area contributed by atoms with E-state index in [4.69, 9.17) is 4.74 Å². The lowest BCUT2D eigenvalue weighted by molar-refractivity contribution is -0.139. The van der Waals surface area contributed by atoms with E-state index in [2.05, 4.69) is 5.32 Å². The van der Waals surface area contributed by atoms with Gasteiger partial charge in [0, 0.05) is 26.1 Å². The number of nitrogens with one attached hydrogen (secondary N) is 1. The third-order valence-electron chi connectivity index (χ3n) is 3.71. The number of ether oxygens (including phenoxy) is 1. The molecular weight excluding hydrogens is 240 g/mol. The second-order valence-corrected chi connectivity index (χ2v) is 4.81. The maximum atomic E-state index is 12.3. The van der Waals surface area contributed by atoms with Crippen molar-refractivity contribution in [2.75, 3.05) is 33.3 Å². The van der Waals surface area contributed by atoms with E-state index >= 15 is 0 Å². The summed E-state index contributed by atoms with van der Waals surface area (Å²) in [6.45, 7) is 3.68. The maximum absolute atomic E-state index is 12.3. The number of nitrogens with zero attached hydrogens (tertiary/aromatic N) is 1. The van der Waals surface area contributed by atoms with Crippen molar-refractivity contribution in [2.45, 2.75) is 31.8 Å². The van der Waals surface area contributed by atoms with Gasteiger partial charge in [-0.25, -0.2) is 0 Å². The molecule has 0 aliphatic carbocycles. The Morgan fingerprint density at radius 3 is 2.65 bits per heavy atom. The fraction of sp³-hybridized carbons (Fsp3) is 0.917. The number of amides is 1. The standard InChI is InChI=1S/C12H22N2O2.ClH/c1-16-11-3-2-8-14(9-11)12(15)10-4-6-13-7-5-10;/h10-11,13H,2-9H2,1H3;1H. The van der Waals surface area contributed by atoms with Crippen LogP contribution in [0, 0.1) is 5.92 Å². The number of likely N-dealkylation sites (tertiary alicyclic amines) is 1. The molecule has 4 nitrogen and oxygen atoms in total. The lowest BCUT2D eigenvalue weighted by Crippen LogP contribution is -2.47. The summed E-state index contributed by atoms with van der Waals surface area (Å²) in [4.78, 5) is 14.3. The van der Waals surface area contributed by atoms with Gasteiger partial charge >= 0.3 is 0 Å². The Hall–Kier alpha value is -0.320. The number of hydrogen-bond acceptors (Lipinski definition) is 3. The maximum Gasteiger partial charge on any atom is 0.225 e. The molecule has 0 radical (unpaired) electrons. The van der Waals surface area contributed by atoms with Crippen LogP contribution in [0.25, 0.3) is 0 Å². The molecule has 2 aliphatic rings. The minimum Gasteiger partial charge on any atom is -0.380 e. The lowest BCUT2D eigenvalue weighted by Gasteiger charge is -2.35. The second-order valence-electron chi connectivity index (χ2n) is 4.81. The molecule has 0 saturated carbocycles. The third kappa shape index (κ3) is 3.83. The van der Waals surface area contributed by atoms with E-state index in [-0.39, 0.29) is 24.4 Å². The van der Waals surface area contributed by atoms with Crippen molar-refractivity contribution < 1.29 is 9.53 Å². The van der Waals surface area contributed by atoms with Crippen LogP contribution in [0.4, 0.5) is 0 Å². The number of methoxy groups -OCH3 is 1. The smallest absolute Gasteiger partial charge is 0.225 e. The zero-order valence-corrected chi connectivity index (χ0v) is 11.3. The fourth-order valence-corrected chi connectivity index (χ4v) is 2.66. The van der Waals surface area contributed by atoms with Crippen LogP contribution in [0.15, 0.2) is 0 Å². The summed E-state index contributed by atoms with van der Waals surface area (Å²) in [6, 6.07) is 0. The normalized spacial score (nSPS) is 26.4. The molecule has 2 heterocycles. The van der Waals surface area contributed by atoms with E-state index in [1.165, 1.54) is 0 Å². The van der Waals surface area contributed by atoms with E-state index in [1.54, 1.807) is 7.11 Å². The molecule has 2 fully saturated rings. The molecule has 100 valence electrons. The molecule has 0 spiro atoms. The van der Waals surface area contributed by atoms with Gasteiger partial charge in [0.25, 0.3) is 0 Å². The van der Waals surface area contributed by atoms with Gasteiger partial charge in [-0.3, -0.25) is 4.79 Å². The van der Waals surface area contributed by atoms with Crippen molar-refractivity contribution in [3.05, 3.63) is 0 Å². The van der Waals surface area contributed by atoms with Crippen LogP contribution < -0.4 is 5.32 Å². The van der Waals surface area contributed by atoms with E-state index in [0.29, 0.717) is 5.91 Å². The summed E-state index contributed by atoms with van der Waals surface area (Å²) in [7, 11) is 1.74. The van der Waals surface area contributed by atoms with Crippen molar-refractivity contribution in [3.8, 4) is 0 Å². The van der Waals surface area contributed by atoms with Crippen LogP contribution in [0.1, 0.15) is 25.7 Å². The van der Waals surface area contributed by atoms with Crippen molar-refractivity contribution >= 4 is 18.3 Å². The average Bonchev–Trinajstić information content (AvgIpc) is 2.39. The second kappa shape index (κ2) is 7.19. The highest BCUT2D eigenvalue weighted by Crippen LogP contribution is 2.19. The Bertz CT molecular complexity index is 245. The SMILES string of the molecule is COC1CCCN(C(=O)C2CCNCC2)C1.Cl. The molecule has 2 saturated heterocycles. The summed E-state index contributed by atoms with van der Waals surface area (Å²) < 4.78 is 5.35. The van der Waals surface area contributed by atoms with Gasteiger partial charge in [0.2, 0.25) is 5.91 Å². The first kappa shape index (κ1) is 14.7. The Balaban J connectivity index is 0.00000144. The predicted molar refractivity (Wildman–Crippen MR) is 69.5 cm³/mol. The van der Waals surface area contributed by atoms with Crippen molar-refractivity contribution in [1.29, 1.82) is 0 Å². The molecule has 1 amide bonds. The van der Waals surface area contributed by atoms with Crippen LogP contribution in [0.3, 0.4) is 0 Å². The first-order valence-corrected chi connectivity index (χ1v) is 6.33. The molecule has 2 rings (SSSR count). The molecule has 2 aliphatic heterocycles. The van der Waals surface area contributed by atoms with Gasteiger partial charge in [-0.15, -0.1) is 12.4 Å². The molecule has 0 bridgehead atoms. The molecule has 0 aromatic rings. The van der Waals surface area contributed by atoms with Gasteiger partial charge in [-0.05, 0) is 38.8 Å². The Morgan fingerprint density at radius 1 is 1.29 bits per heavy atom. The largest absolute Gasteiger partial charge is 0.380 e. The average molecular weight is 263 g/mol. The van der Waals surface area contributed by atoms with E-state index < -0.39 is 0 Å². The molecule has 0 aromatic carbocycles. The lowest BCUT2D eigenvalue weighted by atomic mass is 9.95. The first-order valence-electron chi connectivity index (χ1n) is 6.33. The Labute approximate surface area is 109 Å². The molecule has 5 heteroatoms. The monoisotopic (exact) mass is 262 g/mol. The molecule has 1 unspecified atom stereocenters. The fourth-order valence-electron chi connectivity index (χ4n) is 2.66. The highest BCUT2D eigenvalue weighted by atomic mass is 35.5. The summed E-state index contributed by atoms with van der Waals surface area (Å²) >= 11 is 0. The number of rotatable bonds is 2. The van der Waals surface area contributed by atoms with Crippen LogP contribution in [-0.2, 0) is 9.53 Å². The molecule has 1 atom stereocenters. The summed E-state index contributed by atoms with van der Waals surface area (Å²) in [5.74, 6) is 0.597. The zero-order valence-electron chi connectivity index (χ0n) is 10.5. The van der Waals surface area contributed by atoms with Crippen LogP contribution in [0.2, 0.25) is 0 Å². The number of halogens is 1. The van der Waals surface area contributed by atoms with Gasteiger partial charge in [0.05, 0.1) is 6.10 Å². The topological polar surface area (TPSA) is 41.6 Å². The molecule has 17 heavy (non-hydrogen) atoms. The van der Waals surface area contributed by atoms with E-state index in [9.17, 15) is 4.79 Å². The van der Waals surface area contributed by atoms with E-state index in [0.717, 1.165) is 51.9 Å². The van der Waals surface area contributed by atoms with Crippen molar-refractivity contribution in [1.82, 2.24) is 10.2 Å². The Kier molecular flexibility index (Phi) is 6.23. The predicted octanol–water partition coefficient (Wildman–Crippen LogP) is 1.05. The molecule has 1 N–H and O–H groups in total. The van der Waals surface area contributed by atoms with Crippen molar-refractivity contribution in [3.63, 3.8) is 0 Å². The van der Waals surface area contributed by atoms with Gasteiger partial charge in [-0.2, -0.15) is 0 Å². The summed E-state index contributed by atoms with van der Waals surface area (Å²) in [5.41, 5.74) is 0. The zero-order chi connectivity index (χ0) is 11.4. The summed E-state index contributed by atoms with van der Waals surface area (Å²) in [5, 5.41) is 3.30. The number of hydrogen-bond donors (Lipinski definition) is 1. The van der Waals surface area contributed by atoms with E-state index in [1.807, 2.05) is 4.90 Å². The minimum atomic E-state index is 0.